The van der Waals surface area contributed by atoms with Crippen LogP contribution < -0.4 is 5.32 Å². The molecule has 0 amide bonds. The summed E-state index contributed by atoms with van der Waals surface area (Å²) in [4.78, 5) is 12.1. The van der Waals surface area contributed by atoms with E-state index in [0.717, 1.165) is 11.4 Å². The molecule has 0 aliphatic carbocycles. The minimum atomic E-state index is 0.784. The predicted molar refractivity (Wildman–Crippen MR) is 50.8 cm³/mol. The first-order valence-electron chi connectivity index (χ1n) is 3.88. The van der Waals surface area contributed by atoms with E-state index < -0.39 is 0 Å². The van der Waals surface area contributed by atoms with E-state index in [4.69, 9.17) is 0 Å². The Labute approximate surface area is 75.8 Å². The molecule has 0 aromatic carbocycles. The fraction of sp³-hybridized carbons (Fsp3) is 0. The standard InChI is InChI=1S/C9H8N4/c1-2-10-6-8(12-3-1)9-7-11-4-5-13-9/h1-7,12H. The van der Waals surface area contributed by atoms with E-state index in [1.54, 1.807) is 37.2 Å². The van der Waals surface area contributed by atoms with Crippen LogP contribution in [0.25, 0.3) is 5.70 Å². The summed E-state index contributed by atoms with van der Waals surface area (Å²) in [6.07, 6.45) is 12.0. The summed E-state index contributed by atoms with van der Waals surface area (Å²) >= 11 is 0. The predicted octanol–water partition coefficient (Wildman–Crippen LogP) is 0.963. The molecule has 1 aliphatic heterocycles. The zero-order chi connectivity index (χ0) is 8.93. The van der Waals surface area contributed by atoms with Crippen LogP contribution in [-0.2, 0) is 0 Å². The zero-order valence-electron chi connectivity index (χ0n) is 6.88. The molecule has 2 heterocycles. The molecule has 13 heavy (non-hydrogen) atoms. The van der Waals surface area contributed by atoms with E-state index >= 15 is 0 Å². The van der Waals surface area contributed by atoms with Gasteiger partial charge in [-0.15, -0.1) is 0 Å². The Morgan fingerprint density at radius 2 is 2.23 bits per heavy atom. The fourth-order valence-electron chi connectivity index (χ4n) is 0.964. The van der Waals surface area contributed by atoms with Crippen LogP contribution >= 0.6 is 0 Å². The number of nitrogens with zero attached hydrogens (tertiary/aromatic N) is 3. The van der Waals surface area contributed by atoms with Gasteiger partial charge in [0, 0.05) is 24.8 Å². The van der Waals surface area contributed by atoms with Gasteiger partial charge in [0.15, 0.2) is 0 Å². The summed E-state index contributed by atoms with van der Waals surface area (Å²) in [6.45, 7) is 0. The lowest BCUT2D eigenvalue weighted by Crippen LogP contribution is -2.04. The third-order valence-electron chi connectivity index (χ3n) is 1.55. The van der Waals surface area contributed by atoms with Gasteiger partial charge >= 0.3 is 0 Å². The monoisotopic (exact) mass is 172 g/mol. The summed E-state index contributed by atoms with van der Waals surface area (Å²) in [6, 6.07) is 0. The second-order valence-corrected chi connectivity index (χ2v) is 2.44. The van der Waals surface area contributed by atoms with Crippen LogP contribution in [-0.4, -0.2) is 16.2 Å². The molecule has 1 aromatic heterocycles. The van der Waals surface area contributed by atoms with E-state index in [1.807, 2.05) is 6.08 Å². The lowest BCUT2D eigenvalue weighted by Gasteiger charge is -2.02. The van der Waals surface area contributed by atoms with Crippen LogP contribution in [0, 0.1) is 0 Å². The van der Waals surface area contributed by atoms with Gasteiger partial charge in [-0.25, -0.2) is 0 Å². The molecule has 2 rings (SSSR count). The number of nitrogens with one attached hydrogen (secondary N) is 1. The molecule has 1 aliphatic rings. The molecular formula is C9H8N4. The van der Waals surface area contributed by atoms with Crippen LogP contribution in [0.1, 0.15) is 5.69 Å². The lowest BCUT2D eigenvalue weighted by molar-refractivity contribution is 1.11. The van der Waals surface area contributed by atoms with Gasteiger partial charge in [-0.1, -0.05) is 0 Å². The second kappa shape index (κ2) is 3.62. The van der Waals surface area contributed by atoms with Crippen molar-refractivity contribution < 1.29 is 0 Å². The maximum absolute atomic E-state index is 4.14. The van der Waals surface area contributed by atoms with Crippen molar-refractivity contribution in [3.05, 3.63) is 42.8 Å². The van der Waals surface area contributed by atoms with E-state index in [-0.39, 0.29) is 0 Å². The topological polar surface area (TPSA) is 50.2 Å². The average molecular weight is 172 g/mol. The molecule has 0 unspecified atom stereocenters. The Bertz CT molecular complexity index is 364. The van der Waals surface area contributed by atoms with Gasteiger partial charge in [-0.3, -0.25) is 15.0 Å². The van der Waals surface area contributed by atoms with Crippen LogP contribution in [0.2, 0.25) is 0 Å². The number of rotatable bonds is 1. The van der Waals surface area contributed by atoms with Crippen molar-refractivity contribution in [3.63, 3.8) is 0 Å². The Balaban J connectivity index is 2.32. The molecular weight excluding hydrogens is 164 g/mol. The summed E-state index contributed by atoms with van der Waals surface area (Å²) in [5.41, 5.74) is 1.63. The highest BCUT2D eigenvalue weighted by atomic mass is 14.9. The van der Waals surface area contributed by atoms with Crippen LogP contribution in [0.15, 0.2) is 42.1 Å². The molecule has 4 heteroatoms. The number of hydrogen-bond acceptors (Lipinski definition) is 4. The molecule has 0 fully saturated rings. The highest BCUT2D eigenvalue weighted by Gasteiger charge is 2.00. The van der Waals surface area contributed by atoms with E-state index in [2.05, 4.69) is 20.3 Å². The summed E-state index contributed by atoms with van der Waals surface area (Å²) in [5.74, 6) is 0. The Morgan fingerprint density at radius 3 is 3.08 bits per heavy atom. The first-order chi connectivity index (χ1) is 6.47. The van der Waals surface area contributed by atoms with Crippen molar-refractivity contribution in [2.24, 2.45) is 4.99 Å². The molecule has 0 atom stereocenters. The third-order valence-corrected chi connectivity index (χ3v) is 1.55. The SMILES string of the molecule is C1=CNC(c2cnccn2)=CN=C1. The van der Waals surface area contributed by atoms with Crippen molar-refractivity contribution in [1.29, 1.82) is 0 Å². The second-order valence-electron chi connectivity index (χ2n) is 2.44. The molecule has 1 aromatic rings. The maximum atomic E-state index is 4.14. The van der Waals surface area contributed by atoms with Crippen molar-refractivity contribution in [3.8, 4) is 0 Å². The number of aromatic nitrogens is 2. The van der Waals surface area contributed by atoms with Gasteiger partial charge in [0.25, 0.3) is 0 Å². The van der Waals surface area contributed by atoms with Gasteiger partial charge < -0.3 is 5.32 Å². The van der Waals surface area contributed by atoms with Gasteiger partial charge in [-0.05, 0) is 6.08 Å². The molecule has 0 saturated heterocycles. The molecule has 0 radical (unpaired) electrons. The Morgan fingerprint density at radius 1 is 1.23 bits per heavy atom. The largest absolute Gasteiger partial charge is 0.359 e. The highest BCUT2D eigenvalue weighted by molar-refractivity contribution is 5.75. The van der Waals surface area contributed by atoms with E-state index in [9.17, 15) is 0 Å². The number of allylic oxidation sites excluding steroid dienone is 1. The fourth-order valence-corrected chi connectivity index (χ4v) is 0.964. The van der Waals surface area contributed by atoms with Gasteiger partial charge in [0.2, 0.25) is 0 Å². The number of aliphatic imine (C=N–C) groups is 1. The Hall–Kier alpha value is -1.97. The van der Waals surface area contributed by atoms with Crippen LogP contribution in [0.5, 0.6) is 0 Å². The zero-order valence-corrected chi connectivity index (χ0v) is 6.88. The van der Waals surface area contributed by atoms with Crippen LogP contribution in [0.3, 0.4) is 0 Å². The minimum absolute atomic E-state index is 0.784. The van der Waals surface area contributed by atoms with Crippen molar-refractivity contribution in [1.82, 2.24) is 15.3 Å². The summed E-state index contributed by atoms with van der Waals surface area (Å²) < 4.78 is 0. The third kappa shape index (κ3) is 1.79. The molecule has 0 spiro atoms. The van der Waals surface area contributed by atoms with Gasteiger partial charge in [0.05, 0.1) is 18.1 Å². The quantitative estimate of drug-likeness (QED) is 0.686. The van der Waals surface area contributed by atoms with Crippen molar-refractivity contribution >= 4 is 11.9 Å². The summed E-state index contributed by atoms with van der Waals surface area (Å²) in [5, 5.41) is 3.05. The van der Waals surface area contributed by atoms with Gasteiger partial charge in [0.1, 0.15) is 5.69 Å². The molecule has 64 valence electrons. The Kier molecular flexibility index (Phi) is 2.14. The van der Waals surface area contributed by atoms with Crippen molar-refractivity contribution in [2.45, 2.75) is 0 Å². The number of hydrogen-bond donors (Lipinski definition) is 1. The average Bonchev–Trinajstić information content (AvgIpc) is 2.47. The summed E-state index contributed by atoms with van der Waals surface area (Å²) in [7, 11) is 0. The molecule has 0 bridgehead atoms. The molecule has 1 N–H and O–H groups in total. The van der Waals surface area contributed by atoms with E-state index in [0.29, 0.717) is 0 Å². The smallest absolute Gasteiger partial charge is 0.106 e. The normalized spacial score (nSPS) is 14.6. The van der Waals surface area contributed by atoms with E-state index in [1.165, 1.54) is 0 Å². The molecule has 4 nitrogen and oxygen atoms in total. The lowest BCUT2D eigenvalue weighted by atomic mass is 10.3. The van der Waals surface area contributed by atoms with Crippen LogP contribution in [0.4, 0.5) is 0 Å². The highest BCUT2D eigenvalue weighted by Crippen LogP contribution is 2.06. The van der Waals surface area contributed by atoms with Gasteiger partial charge in [-0.2, -0.15) is 0 Å². The minimum Gasteiger partial charge on any atom is -0.359 e. The first kappa shape index (κ1) is 7.67. The van der Waals surface area contributed by atoms with Crippen molar-refractivity contribution in [2.75, 3.05) is 0 Å². The first-order valence-corrected chi connectivity index (χ1v) is 3.88. The molecule has 0 saturated carbocycles. The maximum Gasteiger partial charge on any atom is 0.106 e.